The summed E-state index contributed by atoms with van der Waals surface area (Å²) >= 11 is 0. The molecule has 0 radical (unpaired) electrons. The van der Waals surface area contributed by atoms with Gasteiger partial charge in [-0.3, -0.25) is 4.79 Å². The van der Waals surface area contributed by atoms with Crippen LogP contribution >= 0.6 is 0 Å². The Hall–Kier alpha value is -3.14. The summed E-state index contributed by atoms with van der Waals surface area (Å²) in [6.07, 6.45) is 7.78. The highest BCUT2D eigenvalue weighted by molar-refractivity contribution is 6.02. The fourth-order valence-electron chi connectivity index (χ4n) is 4.50. The van der Waals surface area contributed by atoms with Crippen molar-refractivity contribution in [3.63, 3.8) is 0 Å². The number of rotatable bonds is 11. The van der Waals surface area contributed by atoms with Crippen molar-refractivity contribution in [2.24, 2.45) is 17.8 Å². The van der Waals surface area contributed by atoms with Gasteiger partial charge in [-0.15, -0.1) is 0 Å². The Kier molecular flexibility index (Phi) is 9.89. The normalized spacial score (nSPS) is 19.1. The van der Waals surface area contributed by atoms with Gasteiger partial charge in [-0.25, -0.2) is 4.79 Å². The average molecular weight is 475 g/mol. The largest absolute Gasteiger partial charge is 0.494 e. The molecule has 2 aromatic carbocycles. The second-order valence-corrected chi connectivity index (χ2v) is 9.78. The van der Waals surface area contributed by atoms with E-state index in [1.807, 2.05) is 12.1 Å². The van der Waals surface area contributed by atoms with E-state index < -0.39 is 0 Å². The first kappa shape index (κ1) is 26.5. The van der Waals surface area contributed by atoms with Gasteiger partial charge < -0.3 is 9.47 Å². The Labute approximate surface area is 210 Å². The number of ketones is 1. The van der Waals surface area contributed by atoms with Crippen LogP contribution in [0.2, 0.25) is 0 Å². The highest BCUT2D eigenvalue weighted by Gasteiger charge is 2.32. The molecule has 3 rings (SSSR count). The molecule has 35 heavy (non-hydrogen) atoms. The van der Waals surface area contributed by atoms with Crippen LogP contribution < -0.4 is 4.74 Å². The molecule has 0 saturated heterocycles. The van der Waals surface area contributed by atoms with E-state index in [1.54, 1.807) is 0 Å². The minimum Gasteiger partial charge on any atom is -0.494 e. The Morgan fingerprint density at radius 2 is 1.63 bits per heavy atom. The number of esters is 1. The van der Waals surface area contributed by atoms with Crippen LogP contribution in [0.5, 0.6) is 5.75 Å². The zero-order valence-corrected chi connectivity index (χ0v) is 21.3. The quantitative estimate of drug-likeness (QED) is 0.204. The lowest BCUT2D eigenvalue weighted by molar-refractivity contribution is -0.137. The molecule has 0 N–H and O–H groups in total. The number of ether oxygens (including phenoxy) is 2. The van der Waals surface area contributed by atoms with Crippen molar-refractivity contribution >= 4 is 17.8 Å². The second-order valence-electron chi connectivity index (χ2n) is 9.78. The molecule has 1 saturated carbocycles. The van der Waals surface area contributed by atoms with Crippen molar-refractivity contribution in [2.45, 2.75) is 52.9 Å². The molecular formula is C31H38O4. The van der Waals surface area contributed by atoms with E-state index in [1.165, 1.54) is 17.2 Å². The minimum atomic E-state index is -0.387. The van der Waals surface area contributed by atoms with Gasteiger partial charge in [-0.05, 0) is 84.4 Å². The molecule has 4 heteroatoms. The fourth-order valence-corrected chi connectivity index (χ4v) is 4.50. The predicted octanol–water partition coefficient (Wildman–Crippen LogP) is 6.82. The first-order chi connectivity index (χ1) is 16.9. The maximum Gasteiger partial charge on any atom is 0.330 e. The fraction of sp³-hybridized carbons (Fsp3) is 0.419. The molecule has 2 aromatic rings. The number of allylic oxidation sites excluding steroid dienone is 1. The van der Waals surface area contributed by atoms with Crippen LogP contribution in [-0.2, 0) is 20.7 Å². The van der Waals surface area contributed by atoms with Crippen molar-refractivity contribution in [3.05, 3.63) is 83.4 Å². The van der Waals surface area contributed by atoms with E-state index in [0.29, 0.717) is 30.8 Å². The molecule has 0 aliphatic heterocycles. The summed E-state index contributed by atoms with van der Waals surface area (Å²) in [5.41, 5.74) is 4.53. The Morgan fingerprint density at radius 1 is 1.00 bits per heavy atom. The summed E-state index contributed by atoms with van der Waals surface area (Å²) in [6.45, 7) is 10.8. The van der Waals surface area contributed by atoms with Crippen molar-refractivity contribution in [1.29, 1.82) is 0 Å². The van der Waals surface area contributed by atoms with E-state index in [4.69, 9.17) is 9.47 Å². The number of carbonyl (C=O) groups is 2. The molecule has 186 valence electrons. The molecule has 0 aromatic heterocycles. The number of Topliss-reactive ketones (excluding diaryl/α,β-unsaturated/α-hetero) is 1. The summed E-state index contributed by atoms with van der Waals surface area (Å²) in [5, 5.41) is 0. The van der Waals surface area contributed by atoms with Gasteiger partial charge in [0.2, 0.25) is 0 Å². The van der Waals surface area contributed by atoms with Crippen LogP contribution in [0.15, 0.2) is 66.8 Å². The summed E-state index contributed by atoms with van der Waals surface area (Å²) in [4.78, 5) is 24.0. The lowest BCUT2D eigenvalue weighted by atomic mass is 9.73. The van der Waals surface area contributed by atoms with Crippen LogP contribution in [0.4, 0.5) is 0 Å². The Balaban J connectivity index is 1.50. The zero-order valence-electron chi connectivity index (χ0n) is 21.3. The predicted molar refractivity (Wildman–Crippen MR) is 141 cm³/mol. The molecule has 2 atom stereocenters. The highest BCUT2D eigenvalue weighted by Crippen LogP contribution is 2.35. The first-order valence-corrected chi connectivity index (χ1v) is 12.7. The topological polar surface area (TPSA) is 52.6 Å². The molecule has 0 heterocycles. The van der Waals surface area contributed by atoms with Gasteiger partial charge in [0.15, 0.2) is 5.78 Å². The molecule has 2 unspecified atom stereocenters. The average Bonchev–Trinajstić information content (AvgIpc) is 2.85. The van der Waals surface area contributed by atoms with Crippen LogP contribution in [-0.4, -0.2) is 25.0 Å². The van der Waals surface area contributed by atoms with Crippen molar-refractivity contribution in [2.75, 3.05) is 13.2 Å². The maximum absolute atomic E-state index is 13.0. The third-order valence-electron chi connectivity index (χ3n) is 6.72. The SMILES string of the molecule is C=CC(=O)OCCCCOc1ccc(Cc2ccc(/C=C3/C(=O)C(C(C)C)CCC3C)cc2)cc1. The molecule has 0 spiro atoms. The number of carbonyl (C=O) groups excluding carboxylic acids is 2. The number of hydrogen-bond acceptors (Lipinski definition) is 4. The van der Waals surface area contributed by atoms with Crippen LogP contribution in [0.3, 0.4) is 0 Å². The minimum absolute atomic E-state index is 0.158. The monoisotopic (exact) mass is 474 g/mol. The lowest BCUT2D eigenvalue weighted by Crippen LogP contribution is -2.30. The van der Waals surface area contributed by atoms with Gasteiger partial charge >= 0.3 is 5.97 Å². The zero-order chi connectivity index (χ0) is 25.2. The number of benzene rings is 2. The van der Waals surface area contributed by atoms with E-state index in [-0.39, 0.29) is 11.9 Å². The number of hydrogen-bond donors (Lipinski definition) is 0. The third kappa shape index (κ3) is 7.95. The van der Waals surface area contributed by atoms with Crippen LogP contribution in [0.1, 0.15) is 63.1 Å². The Bertz CT molecular complexity index is 1010. The van der Waals surface area contributed by atoms with Gasteiger partial charge in [0.1, 0.15) is 5.75 Å². The van der Waals surface area contributed by atoms with E-state index in [0.717, 1.165) is 49.0 Å². The first-order valence-electron chi connectivity index (χ1n) is 12.7. The molecule has 1 fully saturated rings. The van der Waals surface area contributed by atoms with Crippen molar-refractivity contribution in [1.82, 2.24) is 0 Å². The smallest absolute Gasteiger partial charge is 0.330 e. The van der Waals surface area contributed by atoms with E-state index in [9.17, 15) is 9.59 Å². The third-order valence-corrected chi connectivity index (χ3v) is 6.72. The standard InChI is InChI=1S/C31H38O4/c1-5-30(32)35-19-7-6-18-34-27-15-13-25(14-16-27)20-24-9-11-26(12-10-24)21-29-23(4)8-17-28(22(2)3)31(29)33/h5,9-16,21-23,28H,1,6-8,17-20H2,2-4H3/b29-21+. The molecule has 0 amide bonds. The maximum atomic E-state index is 13.0. The van der Waals surface area contributed by atoms with E-state index >= 15 is 0 Å². The van der Waals surface area contributed by atoms with Gasteiger partial charge in [-0.2, -0.15) is 0 Å². The van der Waals surface area contributed by atoms with Crippen LogP contribution in [0, 0.1) is 17.8 Å². The molecule has 1 aliphatic carbocycles. The van der Waals surface area contributed by atoms with Crippen molar-refractivity contribution in [3.8, 4) is 5.75 Å². The second kappa shape index (κ2) is 13.1. The summed E-state index contributed by atoms with van der Waals surface area (Å²) in [7, 11) is 0. The Morgan fingerprint density at radius 3 is 2.26 bits per heavy atom. The van der Waals surface area contributed by atoms with Gasteiger partial charge in [0, 0.05) is 12.0 Å². The van der Waals surface area contributed by atoms with Crippen molar-refractivity contribution < 1.29 is 19.1 Å². The molecular weight excluding hydrogens is 436 g/mol. The molecule has 1 aliphatic rings. The molecule has 4 nitrogen and oxygen atoms in total. The summed E-state index contributed by atoms with van der Waals surface area (Å²) in [6, 6.07) is 16.7. The van der Waals surface area contributed by atoms with E-state index in [2.05, 4.69) is 69.8 Å². The lowest BCUT2D eigenvalue weighted by Gasteiger charge is -2.30. The highest BCUT2D eigenvalue weighted by atomic mass is 16.5. The van der Waals surface area contributed by atoms with Gasteiger partial charge in [0.25, 0.3) is 0 Å². The van der Waals surface area contributed by atoms with Crippen LogP contribution in [0.25, 0.3) is 6.08 Å². The number of unbranched alkanes of at least 4 members (excludes halogenated alkanes) is 1. The summed E-state index contributed by atoms with van der Waals surface area (Å²) < 4.78 is 10.7. The van der Waals surface area contributed by atoms with Gasteiger partial charge in [-0.1, -0.05) is 63.7 Å². The van der Waals surface area contributed by atoms with Gasteiger partial charge in [0.05, 0.1) is 13.2 Å². The molecule has 0 bridgehead atoms. The summed E-state index contributed by atoms with van der Waals surface area (Å²) in [5.74, 6) is 1.66.